The maximum absolute atomic E-state index is 11.8. The molecule has 20 heavy (non-hydrogen) atoms. The number of H-pyrrole nitrogens is 1. The number of aromatic amines is 1. The van der Waals surface area contributed by atoms with Crippen LogP contribution in [0.1, 0.15) is 16.9 Å². The molecule has 3 amide bonds. The molecule has 0 aromatic carbocycles. The first-order chi connectivity index (χ1) is 9.46. The van der Waals surface area contributed by atoms with Gasteiger partial charge in [0, 0.05) is 23.6 Å². The third-order valence-electron chi connectivity index (χ3n) is 3.28. The highest BCUT2D eigenvalue weighted by Gasteiger charge is 2.53. The van der Waals surface area contributed by atoms with Crippen LogP contribution in [0.4, 0.5) is 4.79 Å². The van der Waals surface area contributed by atoms with E-state index in [0.29, 0.717) is 5.69 Å². The summed E-state index contributed by atoms with van der Waals surface area (Å²) in [6.45, 7) is 0.242. The minimum absolute atomic E-state index is 0.213. The maximum atomic E-state index is 11.8. The number of nitrogens with one attached hydrogen (secondary N) is 4. The van der Waals surface area contributed by atoms with Crippen molar-refractivity contribution in [2.45, 2.75) is 24.5 Å². The van der Waals surface area contributed by atoms with Gasteiger partial charge < -0.3 is 30.8 Å². The summed E-state index contributed by atoms with van der Waals surface area (Å²) in [4.78, 5) is 25.7. The standard InChI is InChI=1S/C11H13BrN4O4/c12-5-1-7(13-3-5)8(17)14-4-6-2-11(19)9(20-6)15-10(18)16-11/h1,3,6,9,13,19H,2,4H2,(H,14,17)(H2,15,16,18). The summed E-state index contributed by atoms with van der Waals surface area (Å²) >= 11 is 3.25. The topological polar surface area (TPSA) is 115 Å². The summed E-state index contributed by atoms with van der Waals surface area (Å²) in [5.74, 6) is -0.264. The highest BCUT2D eigenvalue weighted by molar-refractivity contribution is 9.10. The third-order valence-corrected chi connectivity index (χ3v) is 3.73. The monoisotopic (exact) mass is 344 g/mol. The van der Waals surface area contributed by atoms with E-state index in [4.69, 9.17) is 4.74 Å². The van der Waals surface area contributed by atoms with Gasteiger partial charge in [-0.1, -0.05) is 0 Å². The van der Waals surface area contributed by atoms with Crippen molar-refractivity contribution < 1.29 is 19.4 Å². The second kappa shape index (κ2) is 4.76. The SMILES string of the molecule is O=C1NC2OC(CNC(=O)c3cc(Br)c[nH]3)CC2(O)N1. The fourth-order valence-electron chi connectivity index (χ4n) is 2.35. The zero-order valence-corrected chi connectivity index (χ0v) is 11.9. The van der Waals surface area contributed by atoms with Crippen molar-refractivity contribution in [3.05, 3.63) is 22.4 Å². The molecule has 3 rings (SSSR count). The molecule has 2 saturated heterocycles. The lowest BCUT2D eigenvalue weighted by molar-refractivity contribution is -0.0458. The molecule has 8 nitrogen and oxygen atoms in total. The van der Waals surface area contributed by atoms with E-state index in [1.165, 1.54) is 0 Å². The van der Waals surface area contributed by atoms with Gasteiger partial charge in [-0.3, -0.25) is 4.79 Å². The number of carbonyl (C=O) groups is 2. The number of fused-ring (bicyclic) bond motifs is 1. The Hall–Kier alpha value is -1.58. The summed E-state index contributed by atoms with van der Waals surface area (Å²) in [6.07, 6.45) is 0.718. The van der Waals surface area contributed by atoms with E-state index < -0.39 is 18.0 Å². The fraction of sp³-hybridized carbons (Fsp3) is 0.455. The molecule has 2 fully saturated rings. The van der Waals surface area contributed by atoms with Gasteiger partial charge >= 0.3 is 6.03 Å². The van der Waals surface area contributed by atoms with Crippen LogP contribution in [0.15, 0.2) is 16.7 Å². The van der Waals surface area contributed by atoms with Crippen LogP contribution in [0.25, 0.3) is 0 Å². The predicted molar refractivity (Wildman–Crippen MR) is 70.7 cm³/mol. The summed E-state index contributed by atoms with van der Waals surface area (Å²) in [6, 6.07) is 1.20. The Morgan fingerprint density at radius 2 is 2.45 bits per heavy atom. The molecule has 0 aliphatic carbocycles. The molecule has 2 aliphatic heterocycles. The second-order valence-electron chi connectivity index (χ2n) is 4.81. The Morgan fingerprint density at radius 1 is 1.65 bits per heavy atom. The number of amides is 3. The van der Waals surface area contributed by atoms with Crippen LogP contribution < -0.4 is 16.0 Å². The Bertz CT molecular complexity index is 562. The summed E-state index contributed by atoms with van der Waals surface area (Å²) in [5, 5.41) is 17.7. The van der Waals surface area contributed by atoms with E-state index in [0.717, 1.165) is 4.47 Å². The molecule has 9 heteroatoms. The quantitative estimate of drug-likeness (QED) is 0.514. The average Bonchev–Trinajstić information content (AvgIpc) is 2.98. The summed E-state index contributed by atoms with van der Waals surface area (Å²) in [5.41, 5.74) is -0.970. The molecular weight excluding hydrogens is 332 g/mol. The van der Waals surface area contributed by atoms with Crippen molar-refractivity contribution in [2.24, 2.45) is 0 Å². The van der Waals surface area contributed by atoms with Gasteiger partial charge in [-0.25, -0.2) is 4.79 Å². The lowest BCUT2D eigenvalue weighted by Crippen LogP contribution is -2.46. The smallest absolute Gasteiger partial charge is 0.319 e. The van der Waals surface area contributed by atoms with Crippen molar-refractivity contribution in [3.63, 3.8) is 0 Å². The molecule has 0 spiro atoms. The van der Waals surface area contributed by atoms with Crippen LogP contribution in [0.2, 0.25) is 0 Å². The largest absolute Gasteiger partial charge is 0.367 e. The first kappa shape index (κ1) is 13.4. The molecule has 1 aromatic rings. The highest BCUT2D eigenvalue weighted by atomic mass is 79.9. The molecule has 1 aromatic heterocycles. The summed E-state index contributed by atoms with van der Waals surface area (Å²) < 4.78 is 6.26. The van der Waals surface area contributed by atoms with Crippen molar-refractivity contribution in [1.82, 2.24) is 20.9 Å². The number of aliphatic hydroxyl groups is 1. The van der Waals surface area contributed by atoms with Crippen molar-refractivity contribution in [3.8, 4) is 0 Å². The molecular formula is C11H13BrN4O4. The highest BCUT2D eigenvalue weighted by Crippen LogP contribution is 2.29. The molecule has 0 bridgehead atoms. The van der Waals surface area contributed by atoms with Crippen molar-refractivity contribution in [2.75, 3.05) is 6.54 Å². The predicted octanol–water partition coefficient (Wildman–Crippen LogP) is -0.377. The van der Waals surface area contributed by atoms with Gasteiger partial charge in [-0.15, -0.1) is 0 Å². The van der Waals surface area contributed by atoms with Crippen LogP contribution >= 0.6 is 15.9 Å². The van der Waals surface area contributed by atoms with Crippen molar-refractivity contribution in [1.29, 1.82) is 0 Å². The Labute approximate surface area is 122 Å². The molecule has 0 radical (unpaired) electrons. The van der Waals surface area contributed by atoms with E-state index in [9.17, 15) is 14.7 Å². The van der Waals surface area contributed by atoms with E-state index in [1.807, 2.05) is 0 Å². The molecule has 3 atom stereocenters. The average molecular weight is 345 g/mol. The Morgan fingerprint density at radius 3 is 3.10 bits per heavy atom. The number of hydrogen-bond acceptors (Lipinski definition) is 4. The number of urea groups is 1. The van der Waals surface area contributed by atoms with E-state index >= 15 is 0 Å². The molecule has 2 aliphatic rings. The lowest BCUT2D eigenvalue weighted by Gasteiger charge is -2.17. The van der Waals surface area contributed by atoms with Gasteiger partial charge in [0.2, 0.25) is 0 Å². The third kappa shape index (κ3) is 2.39. The van der Waals surface area contributed by atoms with Crippen LogP contribution in [0.3, 0.4) is 0 Å². The van der Waals surface area contributed by atoms with Crippen LogP contribution in [-0.4, -0.2) is 46.6 Å². The molecule has 0 saturated carbocycles. The normalized spacial score (nSPS) is 31.6. The number of carbonyl (C=O) groups excluding carboxylic acids is 2. The number of halogens is 1. The van der Waals surface area contributed by atoms with Crippen LogP contribution in [0, 0.1) is 0 Å². The lowest BCUT2D eigenvalue weighted by atomic mass is 10.1. The molecule has 5 N–H and O–H groups in total. The van der Waals surface area contributed by atoms with E-state index in [-0.39, 0.29) is 25.0 Å². The summed E-state index contributed by atoms with van der Waals surface area (Å²) in [7, 11) is 0. The molecule has 3 unspecified atom stereocenters. The number of rotatable bonds is 3. The number of aromatic nitrogens is 1. The van der Waals surface area contributed by atoms with Gasteiger partial charge in [0.1, 0.15) is 5.69 Å². The maximum Gasteiger partial charge on any atom is 0.319 e. The first-order valence-corrected chi connectivity index (χ1v) is 6.84. The zero-order valence-electron chi connectivity index (χ0n) is 10.3. The zero-order chi connectivity index (χ0) is 14.3. The second-order valence-corrected chi connectivity index (χ2v) is 5.72. The van der Waals surface area contributed by atoms with Gasteiger partial charge in [0.15, 0.2) is 12.0 Å². The minimum atomic E-state index is -1.40. The van der Waals surface area contributed by atoms with Gasteiger partial charge in [0.05, 0.1) is 6.10 Å². The molecule has 3 heterocycles. The van der Waals surface area contributed by atoms with Crippen LogP contribution in [0.5, 0.6) is 0 Å². The Kier molecular flexibility index (Phi) is 3.19. The van der Waals surface area contributed by atoms with Gasteiger partial charge in [-0.05, 0) is 22.0 Å². The molecule has 108 valence electrons. The minimum Gasteiger partial charge on any atom is -0.367 e. The van der Waals surface area contributed by atoms with E-state index in [2.05, 4.69) is 36.9 Å². The number of hydrogen-bond donors (Lipinski definition) is 5. The van der Waals surface area contributed by atoms with Gasteiger partial charge in [0.25, 0.3) is 5.91 Å². The number of ether oxygens (including phenoxy) is 1. The van der Waals surface area contributed by atoms with E-state index in [1.54, 1.807) is 12.3 Å². The fourth-order valence-corrected chi connectivity index (χ4v) is 2.69. The van der Waals surface area contributed by atoms with Crippen molar-refractivity contribution >= 4 is 27.9 Å². The van der Waals surface area contributed by atoms with Gasteiger partial charge in [-0.2, -0.15) is 0 Å². The Balaban J connectivity index is 1.53. The first-order valence-electron chi connectivity index (χ1n) is 6.05. The van der Waals surface area contributed by atoms with Crippen LogP contribution in [-0.2, 0) is 4.74 Å².